The molecule has 3 aromatic rings. The molecular weight excluding hydrogens is 210 g/mol. The predicted molar refractivity (Wildman–Crippen MR) is 68.0 cm³/mol. The highest BCUT2D eigenvalue weighted by Gasteiger charge is 2.05. The zero-order chi connectivity index (χ0) is 11.7. The van der Waals surface area contributed by atoms with Crippen molar-refractivity contribution in [2.75, 3.05) is 0 Å². The van der Waals surface area contributed by atoms with Gasteiger partial charge in [0.05, 0.1) is 6.20 Å². The average molecular weight is 223 g/mol. The van der Waals surface area contributed by atoms with Crippen LogP contribution in [0.4, 0.5) is 0 Å². The summed E-state index contributed by atoms with van der Waals surface area (Å²) in [4.78, 5) is 4.25. The van der Waals surface area contributed by atoms with Crippen LogP contribution in [0.3, 0.4) is 0 Å². The van der Waals surface area contributed by atoms with Gasteiger partial charge in [-0.3, -0.25) is 0 Å². The molecule has 0 amide bonds. The van der Waals surface area contributed by atoms with Crippen molar-refractivity contribution in [1.29, 1.82) is 0 Å². The normalized spacial score (nSPS) is 10.9. The van der Waals surface area contributed by atoms with Crippen LogP contribution in [0.1, 0.15) is 17.2 Å². The summed E-state index contributed by atoms with van der Waals surface area (Å²) in [7, 11) is 0. The summed E-state index contributed by atoms with van der Waals surface area (Å²) in [6.45, 7) is 1.92. The predicted octanol–water partition coefficient (Wildman–Crippen LogP) is 3.73. The van der Waals surface area contributed by atoms with Crippen LogP contribution in [0.15, 0.2) is 53.1 Å². The van der Waals surface area contributed by atoms with E-state index in [1.165, 1.54) is 16.3 Å². The van der Waals surface area contributed by atoms with Crippen LogP contribution in [-0.2, 0) is 6.42 Å². The van der Waals surface area contributed by atoms with Crippen LogP contribution in [0.5, 0.6) is 0 Å². The van der Waals surface area contributed by atoms with Crippen LogP contribution in [0.2, 0.25) is 0 Å². The number of fused-ring (bicyclic) bond motifs is 1. The minimum atomic E-state index is 0.745. The van der Waals surface area contributed by atoms with Gasteiger partial charge < -0.3 is 4.42 Å². The molecule has 2 nitrogen and oxygen atoms in total. The van der Waals surface area contributed by atoms with Crippen molar-refractivity contribution >= 4 is 10.8 Å². The van der Waals surface area contributed by atoms with Crippen LogP contribution in [0.25, 0.3) is 10.8 Å². The van der Waals surface area contributed by atoms with Crippen molar-refractivity contribution in [3.8, 4) is 0 Å². The molecular formula is C15H13NO. The lowest BCUT2D eigenvalue weighted by Gasteiger charge is -2.03. The second-order valence-corrected chi connectivity index (χ2v) is 4.18. The third-order valence-corrected chi connectivity index (χ3v) is 2.89. The zero-order valence-corrected chi connectivity index (χ0v) is 9.68. The molecule has 2 aromatic carbocycles. The van der Waals surface area contributed by atoms with E-state index >= 15 is 0 Å². The first kappa shape index (κ1) is 10.1. The van der Waals surface area contributed by atoms with E-state index < -0.39 is 0 Å². The Morgan fingerprint density at radius 3 is 2.71 bits per heavy atom. The molecule has 0 N–H and O–H groups in total. The maximum absolute atomic E-state index is 5.53. The maximum Gasteiger partial charge on any atom is 0.198 e. The summed E-state index contributed by atoms with van der Waals surface area (Å²) >= 11 is 0. The van der Waals surface area contributed by atoms with Crippen LogP contribution >= 0.6 is 0 Å². The summed E-state index contributed by atoms with van der Waals surface area (Å²) in [6, 6.07) is 14.7. The molecule has 0 saturated heterocycles. The van der Waals surface area contributed by atoms with Crippen LogP contribution < -0.4 is 0 Å². The van der Waals surface area contributed by atoms with Gasteiger partial charge in [-0.2, -0.15) is 0 Å². The summed E-state index contributed by atoms with van der Waals surface area (Å²) in [5.74, 6) is 1.64. The lowest BCUT2D eigenvalue weighted by molar-refractivity contribution is 0.482. The van der Waals surface area contributed by atoms with E-state index in [-0.39, 0.29) is 0 Å². The van der Waals surface area contributed by atoms with Gasteiger partial charge in [-0.15, -0.1) is 0 Å². The summed E-state index contributed by atoms with van der Waals surface area (Å²) in [5, 5.41) is 2.53. The maximum atomic E-state index is 5.53. The molecule has 2 heteroatoms. The quantitative estimate of drug-likeness (QED) is 0.661. The molecule has 0 fully saturated rings. The highest BCUT2D eigenvalue weighted by atomic mass is 16.3. The van der Waals surface area contributed by atoms with Crippen molar-refractivity contribution in [3.05, 3.63) is 65.9 Å². The minimum Gasteiger partial charge on any atom is -0.446 e. The molecule has 0 atom stereocenters. The number of rotatable bonds is 2. The Balaban J connectivity index is 2.05. The third kappa shape index (κ3) is 1.94. The van der Waals surface area contributed by atoms with Gasteiger partial charge >= 0.3 is 0 Å². The number of nitrogens with zero attached hydrogens (tertiary/aromatic N) is 1. The first-order valence-corrected chi connectivity index (χ1v) is 5.71. The molecule has 0 saturated carbocycles. The molecule has 0 aliphatic rings. The first-order valence-electron chi connectivity index (χ1n) is 5.71. The van der Waals surface area contributed by atoms with E-state index in [1.54, 1.807) is 6.20 Å². The molecule has 0 spiro atoms. The Labute approximate surface area is 99.9 Å². The Bertz CT molecular complexity index is 649. The number of oxazole rings is 1. The summed E-state index contributed by atoms with van der Waals surface area (Å²) in [5.41, 5.74) is 1.25. The molecule has 0 radical (unpaired) electrons. The van der Waals surface area contributed by atoms with Crippen molar-refractivity contribution in [2.24, 2.45) is 0 Å². The van der Waals surface area contributed by atoms with Crippen molar-refractivity contribution in [2.45, 2.75) is 13.3 Å². The molecule has 3 rings (SSSR count). The topological polar surface area (TPSA) is 26.0 Å². The largest absolute Gasteiger partial charge is 0.446 e. The lowest BCUT2D eigenvalue weighted by atomic mass is 10.0. The fourth-order valence-electron chi connectivity index (χ4n) is 2.09. The highest BCUT2D eigenvalue weighted by molar-refractivity contribution is 5.85. The van der Waals surface area contributed by atoms with Gasteiger partial charge in [-0.1, -0.05) is 42.5 Å². The molecule has 0 aliphatic carbocycles. The lowest BCUT2D eigenvalue weighted by Crippen LogP contribution is -1.89. The van der Waals surface area contributed by atoms with Crippen molar-refractivity contribution in [1.82, 2.24) is 4.98 Å². The first-order chi connectivity index (χ1) is 8.33. The second-order valence-electron chi connectivity index (χ2n) is 4.18. The van der Waals surface area contributed by atoms with E-state index in [0.29, 0.717) is 0 Å². The molecule has 0 unspecified atom stereocenters. The van der Waals surface area contributed by atoms with E-state index in [1.807, 2.05) is 6.92 Å². The molecule has 0 aliphatic heterocycles. The standard InChI is InChI=1S/C15H13NO/c1-11-10-16-15(17-11)9-13-7-4-6-12-5-2-3-8-14(12)13/h2-8,10H,9H2,1H3. The number of aryl methyl sites for hydroxylation is 1. The van der Waals surface area contributed by atoms with Gasteiger partial charge in [0.25, 0.3) is 0 Å². The third-order valence-electron chi connectivity index (χ3n) is 2.89. The van der Waals surface area contributed by atoms with Gasteiger partial charge in [0.1, 0.15) is 5.76 Å². The Morgan fingerprint density at radius 2 is 1.88 bits per heavy atom. The number of benzene rings is 2. The van der Waals surface area contributed by atoms with Crippen molar-refractivity contribution in [3.63, 3.8) is 0 Å². The Hall–Kier alpha value is -2.09. The number of hydrogen-bond acceptors (Lipinski definition) is 2. The second kappa shape index (κ2) is 4.06. The number of aromatic nitrogens is 1. The average Bonchev–Trinajstić information content (AvgIpc) is 2.75. The molecule has 17 heavy (non-hydrogen) atoms. The summed E-state index contributed by atoms with van der Waals surface area (Å²) < 4.78 is 5.53. The van der Waals surface area contributed by atoms with E-state index in [9.17, 15) is 0 Å². The highest BCUT2D eigenvalue weighted by Crippen LogP contribution is 2.21. The van der Waals surface area contributed by atoms with Gasteiger partial charge in [-0.05, 0) is 23.3 Å². The Morgan fingerprint density at radius 1 is 1.06 bits per heavy atom. The van der Waals surface area contributed by atoms with Crippen LogP contribution in [0, 0.1) is 6.92 Å². The van der Waals surface area contributed by atoms with Gasteiger partial charge in [0, 0.05) is 6.42 Å². The minimum absolute atomic E-state index is 0.745. The molecule has 1 aromatic heterocycles. The Kier molecular flexibility index (Phi) is 2.41. The van der Waals surface area contributed by atoms with Crippen molar-refractivity contribution < 1.29 is 4.42 Å². The van der Waals surface area contributed by atoms with Gasteiger partial charge in [-0.25, -0.2) is 4.98 Å². The molecule has 1 heterocycles. The zero-order valence-electron chi connectivity index (χ0n) is 9.68. The molecule has 84 valence electrons. The van der Waals surface area contributed by atoms with E-state index in [4.69, 9.17) is 4.42 Å². The SMILES string of the molecule is Cc1cnc(Cc2cccc3ccccc23)o1. The smallest absolute Gasteiger partial charge is 0.198 e. The fourth-order valence-corrected chi connectivity index (χ4v) is 2.09. The van der Waals surface area contributed by atoms with Crippen LogP contribution in [-0.4, -0.2) is 4.98 Å². The fraction of sp³-hybridized carbons (Fsp3) is 0.133. The van der Waals surface area contributed by atoms with E-state index in [2.05, 4.69) is 47.4 Å². The monoisotopic (exact) mass is 223 g/mol. The van der Waals surface area contributed by atoms with Gasteiger partial charge in [0.15, 0.2) is 5.89 Å². The molecule has 0 bridgehead atoms. The summed E-state index contributed by atoms with van der Waals surface area (Å²) in [6.07, 6.45) is 2.51. The van der Waals surface area contributed by atoms with Gasteiger partial charge in [0.2, 0.25) is 0 Å². The number of hydrogen-bond donors (Lipinski definition) is 0. The van der Waals surface area contributed by atoms with E-state index in [0.717, 1.165) is 18.1 Å².